The molecule has 0 amide bonds. The van der Waals surface area contributed by atoms with Crippen molar-refractivity contribution < 1.29 is 0 Å². The number of anilines is 2. The van der Waals surface area contributed by atoms with Gasteiger partial charge in [-0.3, -0.25) is 0 Å². The second-order valence-electron chi connectivity index (χ2n) is 5.69. The highest BCUT2D eigenvalue weighted by molar-refractivity contribution is 7.09. The van der Waals surface area contributed by atoms with Crippen LogP contribution >= 0.6 is 11.5 Å². The first kappa shape index (κ1) is 14.2. The van der Waals surface area contributed by atoms with Crippen molar-refractivity contribution in [3.63, 3.8) is 0 Å². The van der Waals surface area contributed by atoms with Crippen molar-refractivity contribution in [2.75, 3.05) is 23.3 Å². The van der Waals surface area contributed by atoms with E-state index < -0.39 is 0 Å². The Hall–Kier alpha value is -1.76. The molecule has 0 radical (unpaired) electrons. The first-order chi connectivity index (χ1) is 10.1. The normalized spacial score (nSPS) is 18.5. The van der Waals surface area contributed by atoms with Gasteiger partial charge < -0.3 is 10.2 Å². The predicted octanol–water partition coefficient (Wildman–Crippen LogP) is 2.45. The van der Waals surface area contributed by atoms with Gasteiger partial charge in [0.2, 0.25) is 11.1 Å². The Kier molecular flexibility index (Phi) is 4.01. The molecule has 0 bridgehead atoms. The summed E-state index contributed by atoms with van der Waals surface area (Å²) in [5.41, 5.74) is 0.980. The first-order valence-electron chi connectivity index (χ1n) is 7.26. The van der Waals surface area contributed by atoms with Crippen LogP contribution in [0.2, 0.25) is 0 Å². The van der Waals surface area contributed by atoms with Gasteiger partial charge in [-0.05, 0) is 19.4 Å². The van der Waals surface area contributed by atoms with Gasteiger partial charge in [-0.2, -0.15) is 4.37 Å². The van der Waals surface area contributed by atoms with Gasteiger partial charge in [-0.1, -0.05) is 13.8 Å². The molecular weight excluding hydrogens is 284 g/mol. The molecule has 2 aromatic rings. The largest absolute Gasteiger partial charge is 0.350 e. The van der Waals surface area contributed by atoms with Crippen molar-refractivity contribution in [3.8, 4) is 0 Å². The van der Waals surface area contributed by atoms with Crippen LogP contribution in [-0.4, -0.2) is 38.5 Å². The Balaban J connectivity index is 1.62. The molecular formula is C14H20N6S. The molecule has 0 aliphatic carbocycles. The summed E-state index contributed by atoms with van der Waals surface area (Å²) >= 11 is 1.49. The molecule has 0 saturated carbocycles. The number of aromatic nitrogens is 4. The van der Waals surface area contributed by atoms with Crippen LogP contribution < -0.4 is 10.2 Å². The van der Waals surface area contributed by atoms with E-state index in [2.05, 4.69) is 43.4 Å². The fraction of sp³-hybridized carbons (Fsp3) is 0.571. The van der Waals surface area contributed by atoms with Crippen molar-refractivity contribution in [1.29, 1.82) is 0 Å². The molecule has 2 aromatic heterocycles. The summed E-state index contributed by atoms with van der Waals surface area (Å²) in [7, 11) is 0. The molecule has 1 N–H and O–H groups in total. The fourth-order valence-corrected chi connectivity index (χ4v) is 3.18. The minimum atomic E-state index is 0.359. The lowest BCUT2D eigenvalue weighted by Gasteiger charge is -2.15. The molecule has 7 heteroatoms. The number of aryl methyl sites for hydroxylation is 1. The molecule has 1 unspecified atom stereocenters. The van der Waals surface area contributed by atoms with Crippen molar-refractivity contribution in [2.45, 2.75) is 39.2 Å². The third-order valence-electron chi connectivity index (χ3n) is 3.53. The summed E-state index contributed by atoms with van der Waals surface area (Å²) in [6.45, 7) is 8.13. The van der Waals surface area contributed by atoms with E-state index in [1.807, 2.05) is 13.0 Å². The van der Waals surface area contributed by atoms with Crippen LogP contribution in [0.4, 0.5) is 11.1 Å². The van der Waals surface area contributed by atoms with E-state index in [0.29, 0.717) is 17.9 Å². The highest BCUT2D eigenvalue weighted by atomic mass is 32.1. The van der Waals surface area contributed by atoms with E-state index in [1.165, 1.54) is 11.5 Å². The van der Waals surface area contributed by atoms with Crippen LogP contribution in [0, 0.1) is 6.92 Å². The molecule has 112 valence electrons. The van der Waals surface area contributed by atoms with Crippen LogP contribution in [-0.2, 0) is 0 Å². The number of hydrogen-bond donors (Lipinski definition) is 1. The predicted molar refractivity (Wildman–Crippen MR) is 85.0 cm³/mol. The average Bonchev–Trinajstić information content (AvgIpc) is 3.06. The smallest absolute Gasteiger partial charge is 0.223 e. The summed E-state index contributed by atoms with van der Waals surface area (Å²) in [4.78, 5) is 15.6. The number of hydrogen-bond acceptors (Lipinski definition) is 7. The molecule has 1 aliphatic heterocycles. The first-order valence-corrected chi connectivity index (χ1v) is 8.04. The maximum atomic E-state index is 4.62. The lowest BCUT2D eigenvalue weighted by atomic mass is 10.2. The summed E-state index contributed by atoms with van der Waals surface area (Å²) in [6.07, 6.45) is 2.85. The highest BCUT2D eigenvalue weighted by Gasteiger charge is 2.25. The SMILES string of the molecule is Cc1ccnc(NC2CCN(c3nc(C(C)C)ns3)C2)n1. The molecule has 21 heavy (non-hydrogen) atoms. The Morgan fingerprint density at radius 3 is 2.95 bits per heavy atom. The van der Waals surface area contributed by atoms with E-state index in [-0.39, 0.29) is 0 Å². The second-order valence-corrected chi connectivity index (χ2v) is 6.42. The second kappa shape index (κ2) is 5.93. The van der Waals surface area contributed by atoms with Crippen molar-refractivity contribution in [2.24, 2.45) is 0 Å². The molecule has 1 fully saturated rings. The van der Waals surface area contributed by atoms with Gasteiger partial charge in [0.1, 0.15) is 5.82 Å². The fourth-order valence-electron chi connectivity index (χ4n) is 2.34. The third kappa shape index (κ3) is 3.29. The van der Waals surface area contributed by atoms with Crippen molar-refractivity contribution >= 4 is 22.6 Å². The molecule has 0 spiro atoms. The van der Waals surface area contributed by atoms with Gasteiger partial charge in [0.15, 0.2) is 0 Å². The molecule has 0 aromatic carbocycles. The zero-order chi connectivity index (χ0) is 14.8. The quantitative estimate of drug-likeness (QED) is 0.936. The van der Waals surface area contributed by atoms with Gasteiger partial charge in [0, 0.05) is 48.5 Å². The molecule has 1 saturated heterocycles. The van der Waals surface area contributed by atoms with E-state index in [1.54, 1.807) is 6.20 Å². The van der Waals surface area contributed by atoms with Crippen molar-refractivity contribution in [1.82, 2.24) is 19.3 Å². The zero-order valence-corrected chi connectivity index (χ0v) is 13.4. The molecule has 6 nitrogen and oxygen atoms in total. The van der Waals surface area contributed by atoms with Crippen LogP contribution in [0.1, 0.15) is 37.7 Å². The number of rotatable bonds is 4. The van der Waals surface area contributed by atoms with Gasteiger partial charge in [0.25, 0.3) is 0 Å². The summed E-state index contributed by atoms with van der Waals surface area (Å²) in [6, 6.07) is 2.26. The highest BCUT2D eigenvalue weighted by Crippen LogP contribution is 2.25. The van der Waals surface area contributed by atoms with Crippen LogP contribution in [0.15, 0.2) is 12.3 Å². The van der Waals surface area contributed by atoms with Gasteiger partial charge in [0.05, 0.1) is 0 Å². The van der Waals surface area contributed by atoms with Crippen LogP contribution in [0.25, 0.3) is 0 Å². The van der Waals surface area contributed by atoms with Gasteiger partial charge in [-0.15, -0.1) is 0 Å². The van der Waals surface area contributed by atoms with Gasteiger partial charge >= 0.3 is 0 Å². The average molecular weight is 304 g/mol. The Morgan fingerprint density at radius 2 is 2.24 bits per heavy atom. The molecule has 3 heterocycles. The van der Waals surface area contributed by atoms with Gasteiger partial charge in [-0.25, -0.2) is 15.0 Å². The standard InChI is InChI=1S/C14H20N6S/c1-9(2)12-18-14(21-19-12)20-7-5-11(8-20)17-13-15-6-4-10(3)16-13/h4,6,9,11H,5,7-8H2,1-3H3,(H,15,16,17). The summed E-state index contributed by atoms with van der Waals surface area (Å²) in [5, 5.41) is 4.42. The third-order valence-corrected chi connectivity index (χ3v) is 4.33. The molecule has 1 aliphatic rings. The van der Waals surface area contributed by atoms with Crippen LogP contribution in [0.5, 0.6) is 0 Å². The minimum Gasteiger partial charge on any atom is -0.350 e. The maximum absolute atomic E-state index is 4.62. The van der Waals surface area contributed by atoms with E-state index in [9.17, 15) is 0 Å². The molecule has 1 atom stereocenters. The minimum absolute atomic E-state index is 0.359. The summed E-state index contributed by atoms with van der Waals surface area (Å²) in [5.74, 6) is 2.03. The van der Waals surface area contributed by atoms with Crippen molar-refractivity contribution in [3.05, 3.63) is 23.8 Å². The lowest BCUT2D eigenvalue weighted by molar-refractivity contribution is 0.785. The van der Waals surface area contributed by atoms with E-state index in [4.69, 9.17) is 0 Å². The number of nitrogens with one attached hydrogen (secondary N) is 1. The Labute approximate surface area is 128 Å². The lowest BCUT2D eigenvalue weighted by Crippen LogP contribution is -2.26. The zero-order valence-electron chi connectivity index (χ0n) is 12.6. The van der Waals surface area contributed by atoms with E-state index >= 15 is 0 Å². The Bertz CT molecular complexity index is 611. The number of nitrogens with zero attached hydrogens (tertiary/aromatic N) is 5. The molecule has 3 rings (SSSR count). The maximum Gasteiger partial charge on any atom is 0.223 e. The van der Waals surface area contributed by atoms with Crippen LogP contribution in [0.3, 0.4) is 0 Å². The monoisotopic (exact) mass is 304 g/mol. The topological polar surface area (TPSA) is 66.8 Å². The van der Waals surface area contributed by atoms with E-state index in [0.717, 1.165) is 36.2 Å². The summed E-state index contributed by atoms with van der Waals surface area (Å²) < 4.78 is 4.42. The Morgan fingerprint density at radius 1 is 1.38 bits per heavy atom.